The van der Waals surface area contributed by atoms with Crippen molar-refractivity contribution >= 4 is 40.8 Å². The molecule has 0 spiro atoms. The molecule has 0 saturated heterocycles. The third kappa shape index (κ3) is 7.41. The van der Waals surface area contributed by atoms with Gasteiger partial charge in [0.05, 0.1) is 11.3 Å². The summed E-state index contributed by atoms with van der Waals surface area (Å²) in [5, 5.41) is 2.70. The summed E-state index contributed by atoms with van der Waals surface area (Å²) in [6.45, 7) is 2.10. The zero-order chi connectivity index (χ0) is 18.8. The molecular weight excluding hydrogens is 370 g/mol. The van der Waals surface area contributed by atoms with Crippen LogP contribution >= 0.6 is 23.1 Å². The van der Waals surface area contributed by atoms with Gasteiger partial charge >= 0.3 is 5.97 Å². The number of nitrogens with one attached hydrogen (secondary N) is 1. The van der Waals surface area contributed by atoms with Crippen LogP contribution in [0.25, 0.3) is 0 Å². The molecule has 1 aromatic heterocycles. The maximum absolute atomic E-state index is 11.9. The molecule has 0 aliphatic carbocycles. The van der Waals surface area contributed by atoms with Crippen LogP contribution in [0.3, 0.4) is 0 Å². The number of aryl methyl sites for hydroxylation is 1. The highest BCUT2D eigenvalue weighted by Crippen LogP contribution is 2.17. The van der Waals surface area contributed by atoms with Crippen LogP contribution in [0.2, 0.25) is 0 Å². The molecule has 0 aliphatic rings. The van der Waals surface area contributed by atoms with Crippen molar-refractivity contribution in [3.8, 4) is 0 Å². The number of esters is 1. The second-order valence-electron chi connectivity index (χ2n) is 5.51. The topological polar surface area (TPSA) is 72.5 Å². The lowest BCUT2D eigenvalue weighted by molar-refractivity contribution is -0.148. The van der Waals surface area contributed by atoms with Gasteiger partial charge in [0, 0.05) is 28.5 Å². The van der Waals surface area contributed by atoms with Crippen molar-refractivity contribution in [3.05, 3.63) is 52.2 Å². The van der Waals surface area contributed by atoms with Crippen molar-refractivity contribution in [2.75, 3.05) is 18.9 Å². The monoisotopic (exact) mass is 391 g/mol. The summed E-state index contributed by atoms with van der Waals surface area (Å²) >= 11 is 3.05. The number of thiophene rings is 1. The van der Waals surface area contributed by atoms with Crippen molar-refractivity contribution in [2.24, 2.45) is 0 Å². The third-order valence-corrected chi connectivity index (χ3v) is 5.43. The largest absolute Gasteiger partial charge is 0.456 e. The van der Waals surface area contributed by atoms with E-state index in [1.54, 1.807) is 17.8 Å². The van der Waals surface area contributed by atoms with Crippen molar-refractivity contribution in [2.45, 2.75) is 24.7 Å². The van der Waals surface area contributed by atoms with Crippen molar-refractivity contribution < 1.29 is 19.1 Å². The zero-order valence-electron chi connectivity index (χ0n) is 14.5. The first-order chi connectivity index (χ1) is 12.5. The highest BCUT2D eigenvalue weighted by atomic mass is 32.2. The molecule has 0 unspecified atom stereocenters. The Morgan fingerprint density at radius 3 is 2.54 bits per heavy atom. The Morgan fingerprint density at radius 1 is 1.08 bits per heavy atom. The van der Waals surface area contributed by atoms with Gasteiger partial charge in [-0.1, -0.05) is 18.2 Å². The van der Waals surface area contributed by atoms with Gasteiger partial charge in [-0.25, -0.2) is 0 Å². The Bertz CT molecular complexity index is 743. The van der Waals surface area contributed by atoms with Crippen LogP contribution < -0.4 is 5.32 Å². The molecule has 1 aromatic carbocycles. The number of hydrogen-bond donors (Lipinski definition) is 1. The molecule has 2 rings (SSSR count). The number of ether oxygens (including phenoxy) is 1. The molecule has 1 heterocycles. The highest BCUT2D eigenvalue weighted by molar-refractivity contribution is 7.99. The molecule has 0 radical (unpaired) electrons. The Labute approximate surface area is 161 Å². The number of ketones is 1. The quantitative estimate of drug-likeness (QED) is 0.291. The molecule has 0 aliphatic heterocycles. The summed E-state index contributed by atoms with van der Waals surface area (Å²) in [5.74, 6) is -0.228. The molecule has 2 aromatic rings. The van der Waals surface area contributed by atoms with Crippen molar-refractivity contribution in [1.82, 2.24) is 5.32 Å². The number of amides is 1. The van der Waals surface area contributed by atoms with E-state index in [9.17, 15) is 14.4 Å². The van der Waals surface area contributed by atoms with Crippen LogP contribution in [0.15, 0.2) is 47.4 Å². The average molecular weight is 392 g/mol. The number of Topliss-reactive ketones (excluding diaryl/α,β-unsaturated/α-hetero) is 1. The number of carbonyl (C=O) groups is 3. The molecular formula is C19H21NO4S2. The van der Waals surface area contributed by atoms with E-state index in [2.05, 4.69) is 5.32 Å². The summed E-state index contributed by atoms with van der Waals surface area (Å²) in [4.78, 5) is 38.1. The minimum atomic E-state index is -0.541. The molecule has 26 heavy (non-hydrogen) atoms. The number of thioether (sulfide) groups is 1. The van der Waals surface area contributed by atoms with E-state index in [4.69, 9.17) is 4.74 Å². The molecule has 0 bridgehead atoms. The molecule has 5 nitrogen and oxygen atoms in total. The number of hydrogen-bond acceptors (Lipinski definition) is 6. The van der Waals surface area contributed by atoms with Crippen molar-refractivity contribution in [3.63, 3.8) is 0 Å². The maximum Gasteiger partial charge on any atom is 0.306 e. The van der Waals surface area contributed by atoms with E-state index in [0.717, 1.165) is 15.5 Å². The SMILES string of the molecule is Cc1ccc(C(=O)CCC(=O)OCC(=O)NCCSc2ccccc2)s1. The van der Waals surface area contributed by atoms with Crippen molar-refractivity contribution in [1.29, 1.82) is 0 Å². The standard InChI is InChI=1S/C19H21NO4S2/c1-14-7-9-17(26-14)16(21)8-10-19(23)24-13-18(22)20-11-12-25-15-5-3-2-4-6-15/h2-7,9H,8,10-13H2,1H3,(H,20,22). The molecule has 0 atom stereocenters. The molecule has 7 heteroatoms. The number of rotatable bonds is 10. The second kappa shape index (κ2) is 10.8. The lowest BCUT2D eigenvalue weighted by Gasteiger charge is -2.06. The zero-order valence-corrected chi connectivity index (χ0v) is 16.2. The number of carbonyl (C=O) groups excluding carboxylic acids is 3. The van der Waals surface area contributed by atoms with Gasteiger partial charge in [-0.15, -0.1) is 23.1 Å². The normalized spacial score (nSPS) is 10.3. The van der Waals surface area contributed by atoms with E-state index in [1.165, 1.54) is 11.3 Å². The molecule has 0 saturated carbocycles. The van der Waals surface area contributed by atoms with Gasteiger partial charge in [0.15, 0.2) is 12.4 Å². The lowest BCUT2D eigenvalue weighted by atomic mass is 10.2. The Balaban J connectivity index is 1.55. The predicted octanol–water partition coefficient (Wildman–Crippen LogP) is 3.47. The summed E-state index contributed by atoms with van der Waals surface area (Å²) in [5.41, 5.74) is 0. The molecule has 1 N–H and O–H groups in total. The van der Waals surface area contributed by atoms with E-state index in [1.807, 2.05) is 43.3 Å². The van der Waals surface area contributed by atoms with Gasteiger partial charge in [-0.3, -0.25) is 14.4 Å². The number of benzene rings is 1. The van der Waals surface area contributed by atoms with E-state index >= 15 is 0 Å². The van der Waals surface area contributed by atoms with E-state index < -0.39 is 5.97 Å². The van der Waals surface area contributed by atoms with Crippen LogP contribution in [0, 0.1) is 6.92 Å². The Kier molecular flexibility index (Phi) is 8.37. The first-order valence-electron chi connectivity index (χ1n) is 8.24. The average Bonchev–Trinajstić information content (AvgIpc) is 3.09. The summed E-state index contributed by atoms with van der Waals surface area (Å²) in [6, 6.07) is 13.5. The van der Waals surface area contributed by atoms with Crippen LogP contribution in [0.1, 0.15) is 27.4 Å². The van der Waals surface area contributed by atoms with Crippen LogP contribution in [-0.4, -0.2) is 36.6 Å². The first kappa shape index (κ1) is 20.2. The van der Waals surface area contributed by atoms with Crippen LogP contribution in [-0.2, 0) is 14.3 Å². The van der Waals surface area contributed by atoms with E-state index in [0.29, 0.717) is 11.4 Å². The highest BCUT2D eigenvalue weighted by Gasteiger charge is 2.13. The molecule has 1 amide bonds. The van der Waals surface area contributed by atoms with Gasteiger partial charge in [0.1, 0.15) is 0 Å². The Morgan fingerprint density at radius 2 is 1.85 bits per heavy atom. The first-order valence-corrected chi connectivity index (χ1v) is 10.0. The van der Waals surface area contributed by atoms with Crippen LogP contribution in [0.5, 0.6) is 0 Å². The fourth-order valence-electron chi connectivity index (χ4n) is 2.07. The third-order valence-electron chi connectivity index (χ3n) is 3.37. The van der Waals surface area contributed by atoms with Gasteiger partial charge in [0.2, 0.25) is 0 Å². The van der Waals surface area contributed by atoms with E-state index in [-0.39, 0.29) is 31.1 Å². The molecule has 138 valence electrons. The van der Waals surface area contributed by atoms with Crippen LogP contribution in [0.4, 0.5) is 0 Å². The summed E-state index contributed by atoms with van der Waals surface area (Å²) in [7, 11) is 0. The van der Waals surface area contributed by atoms with Gasteiger partial charge in [0.25, 0.3) is 5.91 Å². The minimum Gasteiger partial charge on any atom is -0.456 e. The fraction of sp³-hybridized carbons (Fsp3) is 0.316. The predicted molar refractivity (Wildman–Crippen MR) is 104 cm³/mol. The molecule has 0 fully saturated rings. The second-order valence-corrected chi connectivity index (χ2v) is 7.96. The van der Waals surface area contributed by atoms with Gasteiger partial charge in [-0.05, 0) is 31.2 Å². The van der Waals surface area contributed by atoms with Gasteiger partial charge in [-0.2, -0.15) is 0 Å². The van der Waals surface area contributed by atoms with Gasteiger partial charge < -0.3 is 10.1 Å². The lowest BCUT2D eigenvalue weighted by Crippen LogP contribution is -2.30. The fourth-order valence-corrected chi connectivity index (χ4v) is 3.69. The summed E-state index contributed by atoms with van der Waals surface area (Å²) < 4.78 is 4.90. The minimum absolute atomic E-state index is 0.0209. The summed E-state index contributed by atoms with van der Waals surface area (Å²) in [6.07, 6.45) is 0.0705. The maximum atomic E-state index is 11.9. The Hall–Kier alpha value is -2.12. The smallest absolute Gasteiger partial charge is 0.306 e.